The molecule has 0 aromatic rings. The molecule has 0 amide bonds. The second kappa shape index (κ2) is 10.8. The van der Waals surface area contributed by atoms with Crippen molar-refractivity contribution in [2.24, 2.45) is 5.92 Å². The lowest BCUT2D eigenvalue weighted by Gasteiger charge is -2.30. The Morgan fingerprint density at radius 1 is 1.00 bits per heavy atom. The van der Waals surface area contributed by atoms with Gasteiger partial charge in [0.1, 0.15) is 0 Å². The minimum Gasteiger partial charge on any atom is -0.315 e. The quantitative estimate of drug-likeness (QED) is 0.573. The molecule has 0 saturated carbocycles. The molecule has 0 bridgehead atoms. The van der Waals surface area contributed by atoms with E-state index in [4.69, 9.17) is 0 Å². The summed E-state index contributed by atoms with van der Waals surface area (Å²) in [5.74, 6) is 0.799. The predicted molar refractivity (Wildman–Crippen MR) is 82.2 cm³/mol. The summed E-state index contributed by atoms with van der Waals surface area (Å²) in [4.78, 5) is 4.87. The molecule has 0 rings (SSSR count). The topological polar surface area (TPSA) is 18.5 Å². The van der Waals surface area contributed by atoms with Crippen LogP contribution in [0.1, 0.15) is 40.5 Å². The van der Waals surface area contributed by atoms with E-state index in [-0.39, 0.29) is 0 Å². The Kier molecular flexibility index (Phi) is 10.7. The first-order valence-electron chi connectivity index (χ1n) is 7.56. The van der Waals surface area contributed by atoms with E-state index >= 15 is 0 Å². The summed E-state index contributed by atoms with van der Waals surface area (Å²) in [6.45, 7) is 15.0. The summed E-state index contributed by atoms with van der Waals surface area (Å²) in [6, 6.07) is 0.636. The zero-order chi connectivity index (χ0) is 14.0. The van der Waals surface area contributed by atoms with Crippen molar-refractivity contribution in [3.8, 4) is 0 Å². The van der Waals surface area contributed by atoms with Crippen LogP contribution >= 0.6 is 0 Å². The molecule has 0 aromatic carbocycles. The maximum absolute atomic E-state index is 3.59. The van der Waals surface area contributed by atoms with E-state index in [2.05, 4.69) is 56.9 Å². The van der Waals surface area contributed by atoms with E-state index in [9.17, 15) is 0 Å². The fraction of sp³-hybridized carbons (Fsp3) is 1.00. The highest BCUT2D eigenvalue weighted by Gasteiger charge is 2.12. The zero-order valence-electron chi connectivity index (χ0n) is 13.5. The van der Waals surface area contributed by atoms with Gasteiger partial charge in [-0.2, -0.15) is 0 Å². The van der Waals surface area contributed by atoms with Gasteiger partial charge in [-0.05, 0) is 52.9 Å². The first kappa shape index (κ1) is 17.9. The average Bonchev–Trinajstić information content (AvgIpc) is 2.29. The van der Waals surface area contributed by atoms with Gasteiger partial charge in [0.05, 0.1) is 0 Å². The van der Waals surface area contributed by atoms with Crippen LogP contribution in [0.3, 0.4) is 0 Å². The van der Waals surface area contributed by atoms with Crippen molar-refractivity contribution in [2.75, 3.05) is 46.8 Å². The van der Waals surface area contributed by atoms with E-state index in [1.165, 1.54) is 25.9 Å². The largest absolute Gasteiger partial charge is 0.315 e. The maximum atomic E-state index is 3.59. The van der Waals surface area contributed by atoms with Crippen molar-refractivity contribution in [1.29, 1.82) is 0 Å². The Hall–Kier alpha value is -0.120. The average molecular weight is 257 g/mol. The molecule has 0 radical (unpaired) electrons. The molecule has 0 aliphatic carbocycles. The van der Waals surface area contributed by atoms with Gasteiger partial charge in [-0.25, -0.2) is 0 Å². The Balaban J connectivity index is 3.86. The summed E-state index contributed by atoms with van der Waals surface area (Å²) < 4.78 is 0. The summed E-state index contributed by atoms with van der Waals surface area (Å²) in [5, 5.41) is 3.59. The number of rotatable bonds is 11. The lowest BCUT2D eigenvalue weighted by Crippen LogP contribution is -2.44. The predicted octanol–water partition coefficient (Wildman–Crippen LogP) is 2.28. The number of hydrogen-bond acceptors (Lipinski definition) is 3. The van der Waals surface area contributed by atoms with E-state index in [0.717, 1.165) is 25.6 Å². The van der Waals surface area contributed by atoms with Crippen molar-refractivity contribution in [1.82, 2.24) is 15.1 Å². The van der Waals surface area contributed by atoms with Gasteiger partial charge in [-0.1, -0.05) is 20.8 Å². The third kappa shape index (κ3) is 9.86. The SMILES string of the molecule is CCCN(CCN(C)C)C(C)CNCCC(C)C. The van der Waals surface area contributed by atoms with Gasteiger partial charge in [0, 0.05) is 25.7 Å². The van der Waals surface area contributed by atoms with Crippen LogP contribution in [0.4, 0.5) is 0 Å². The third-order valence-corrected chi connectivity index (χ3v) is 3.31. The minimum absolute atomic E-state index is 0.636. The lowest BCUT2D eigenvalue weighted by molar-refractivity contribution is 0.185. The van der Waals surface area contributed by atoms with Crippen LogP contribution in [-0.4, -0.2) is 62.7 Å². The lowest BCUT2D eigenvalue weighted by atomic mass is 10.1. The van der Waals surface area contributed by atoms with Crippen LogP contribution in [0.15, 0.2) is 0 Å². The van der Waals surface area contributed by atoms with Crippen LogP contribution in [0.5, 0.6) is 0 Å². The molecule has 0 saturated heterocycles. The van der Waals surface area contributed by atoms with Gasteiger partial charge < -0.3 is 10.2 Å². The van der Waals surface area contributed by atoms with Gasteiger partial charge in [-0.15, -0.1) is 0 Å². The van der Waals surface area contributed by atoms with E-state index < -0.39 is 0 Å². The van der Waals surface area contributed by atoms with Gasteiger partial charge in [0.2, 0.25) is 0 Å². The highest BCUT2D eigenvalue weighted by molar-refractivity contribution is 4.70. The number of nitrogens with one attached hydrogen (secondary N) is 1. The summed E-state index contributed by atoms with van der Waals surface area (Å²) >= 11 is 0. The van der Waals surface area contributed by atoms with Crippen molar-refractivity contribution in [3.05, 3.63) is 0 Å². The number of hydrogen-bond donors (Lipinski definition) is 1. The number of likely N-dealkylation sites (N-methyl/N-ethyl adjacent to an activating group) is 1. The molecule has 18 heavy (non-hydrogen) atoms. The Bertz CT molecular complexity index is 181. The van der Waals surface area contributed by atoms with E-state index in [1.807, 2.05) is 0 Å². The molecule has 3 heteroatoms. The van der Waals surface area contributed by atoms with Crippen LogP contribution in [0, 0.1) is 5.92 Å². The fourth-order valence-corrected chi connectivity index (χ4v) is 2.00. The van der Waals surface area contributed by atoms with Crippen molar-refractivity contribution in [2.45, 2.75) is 46.6 Å². The summed E-state index contributed by atoms with van der Waals surface area (Å²) in [6.07, 6.45) is 2.52. The molecule has 0 aromatic heterocycles. The van der Waals surface area contributed by atoms with Crippen LogP contribution in [0.25, 0.3) is 0 Å². The van der Waals surface area contributed by atoms with Crippen molar-refractivity contribution < 1.29 is 0 Å². The molecule has 110 valence electrons. The first-order valence-corrected chi connectivity index (χ1v) is 7.56. The van der Waals surface area contributed by atoms with Gasteiger partial charge >= 0.3 is 0 Å². The van der Waals surface area contributed by atoms with Crippen molar-refractivity contribution >= 4 is 0 Å². The fourth-order valence-electron chi connectivity index (χ4n) is 2.00. The summed E-state index contributed by atoms with van der Waals surface area (Å²) in [5.41, 5.74) is 0. The van der Waals surface area contributed by atoms with Crippen LogP contribution in [0.2, 0.25) is 0 Å². The maximum Gasteiger partial charge on any atom is 0.0192 e. The Morgan fingerprint density at radius 3 is 2.17 bits per heavy atom. The number of nitrogens with zero attached hydrogens (tertiary/aromatic N) is 2. The molecule has 0 aliphatic rings. The molecular formula is C15H35N3. The molecule has 1 N–H and O–H groups in total. The van der Waals surface area contributed by atoms with E-state index in [0.29, 0.717) is 6.04 Å². The molecule has 0 spiro atoms. The monoisotopic (exact) mass is 257 g/mol. The Morgan fingerprint density at radius 2 is 1.67 bits per heavy atom. The van der Waals surface area contributed by atoms with Crippen LogP contribution < -0.4 is 5.32 Å². The standard InChI is InChI=1S/C15H35N3/c1-7-10-18(12-11-17(5)6)15(4)13-16-9-8-14(2)3/h14-16H,7-13H2,1-6H3. The zero-order valence-corrected chi connectivity index (χ0v) is 13.5. The Labute approximate surface area is 115 Å². The van der Waals surface area contributed by atoms with Crippen molar-refractivity contribution in [3.63, 3.8) is 0 Å². The first-order chi connectivity index (χ1) is 8.47. The highest BCUT2D eigenvalue weighted by atomic mass is 15.2. The molecule has 1 unspecified atom stereocenters. The molecule has 0 fully saturated rings. The molecular weight excluding hydrogens is 222 g/mol. The van der Waals surface area contributed by atoms with Gasteiger partial charge in [0.15, 0.2) is 0 Å². The van der Waals surface area contributed by atoms with Crippen LogP contribution in [-0.2, 0) is 0 Å². The molecule has 0 heterocycles. The highest BCUT2D eigenvalue weighted by Crippen LogP contribution is 2.01. The third-order valence-electron chi connectivity index (χ3n) is 3.31. The van der Waals surface area contributed by atoms with Gasteiger partial charge in [0.25, 0.3) is 0 Å². The minimum atomic E-state index is 0.636. The van der Waals surface area contributed by atoms with E-state index in [1.54, 1.807) is 0 Å². The molecule has 3 nitrogen and oxygen atoms in total. The smallest absolute Gasteiger partial charge is 0.0192 e. The molecule has 0 aliphatic heterocycles. The van der Waals surface area contributed by atoms with Gasteiger partial charge in [-0.3, -0.25) is 4.90 Å². The molecule has 1 atom stereocenters. The second-order valence-corrected chi connectivity index (χ2v) is 6.07. The normalized spacial score (nSPS) is 13.8. The second-order valence-electron chi connectivity index (χ2n) is 6.07. The summed E-state index contributed by atoms with van der Waals surface area (Å²) in [7, 11) is 4.30.